The number of fused-ring (bicyclic) bond motifs is 1. The molecular weight excluding hydrogens is 431 g/mol. The van der Waals surface area contributed by atoms with Crippen molar-refractivity contribution in [1.29, 1.82) is 0 Å². The SMILES string of the molecule is Cn1cc(-c2cccc(CS(=O)(=O)c3ccc(O)c(Cl)c3)c2F)c2c(N)ncnc21. The fourth-order valence-electron chi connectivity index (χ4n) is 3.31. The van der Waals surface area contributed by atoms with Crippen LogP contribution in [-0.4, -0.2) is 28.1 Å². The van der Waals surface area contributed by atoms with Gasteiger partial charge in [-0.2, -0.15) is 0 Å². The molecule has 0 aliphatic heterocycles. The number of sulfone groups is 1. The zero-order valence-corrected chi connectivity index (χ0v) is 17.2. The van der Waals surface area contributed by atoms with Crippen LogP contribution in [0.1, 0.15) is 5.56 Å². The number of hydrogen-bond acceptors (Lipinski definition) is 6. The van der Waals surface area contributed by atoms with Crippen LogP contribution in [0.3, 0.4) is 0 Å². The molecule has 2 heterocycles. The first-order chi connectivity index (χ1) is 14.2. The van der Waals surface area contributed by atoms with Gasteiger partial charge in [-0.25, -0.2) is 22.8 Å². The predicted molar refractivity (Wildman–Crippen MR) is 112 cm³/mol. The lowest BCUT2D eigenvalue weighted by Gasteiger charge is -2.10. The molecule has 0 saturated carbocycles. The smallest absolute Gasteiger partial charge is 0.182 e. The van der Waals surface area contributed by atoms with Crippen LogP contribution in [0.15, 0.2) is 53.8 Å². The van der Waals surface area contributed by atoms with Gasteiger partial charge in [0.05, 0.1) is 21.1 Å². The van der Waals surface area contributed by atoms with Gasteiger partial charge in [0.15, 0.2) is 9.84 Å². The molecule has 0 saturated heterocycles. The predicted octanol–water partition coefficient (Wildman–Crippen LogP) is 3.69. The second-order valence-electron chi connectivity index (χ2n) is 6.76. The topological polar surface area (TPSA) is 111 Å². The van der Waals surface area contributed by atoms with E-state index < -0.39 is 21.4 Å². The number of nitrogens with zero attached hydrogens (tertiary/aromatic N) is 3. The Morgan fingerprint density at radius 2 is 1.97 bits per heavy atom. The summed E-state index contributed by atoms with van der Waals surface area (Å²) in [5, 5.41) is 9.90. The monoisotopic (exact) mass is 446 g/mol. The average Bonchev–Trinajstić information content (AvgIpc) is 3.03. The lowest BCUT2D eigenvalue weighted by Crippen LogP contribution is -2.07. The summed E-state index contributed by atoms with van der Waals surface area (Å²) < 4.78 is 42.7. The van der Waals surface area contributed by atoms with Crippen LogP contribution >= 0.6 is 11.6 Å². The number of nitrogen functional groups attached to an aromatic ring is 1. The van der Waals surface area contributed by atoms with Gasteiger partial charge in [-0.1, -0.05) is 29.8 Å². The molecule has 0 radical (unpaired) electrons. The van der Waals surface area contributed by atoms with Crippen LogP contribution in [-0.2, 0) is 22.6 Å². The van der Waals surface area contributed by atoms with E-state index in [0.717, 1.165) is 6.07 Å². The number of hydrogen-bond donors (Lipinski definition) is 2. The molecule has 0 aliphatic carbocycles. The number of phenolic OH excluding ortho intramolecular Hbond substituents is 1. The van der Waals surface area contributed by atoms with E-state index in [9.17, 15) is 13.5 Å². The van der Waals surface area contributed by atoms with Crippen molar-refractivity contribution in [2.75, 3.05) is 5.73 Å². The number of rotatable bonds is 4. The molecule has 4 aromatic rings. The van der Waals surface area contributed by atoms with Gasteiger partial charge in [0.25, 0.3) is 0 Å². The summed E-state index contributed by atoms with van der Waals surface area (Å²) in [4.78, 5) is 8.04. The Bertz CT molecular complexity index is 1400. The third-order valence-electron chi connectivity index (χ3n) is 4.78. The second kappa shape index (κ2) is 7.26. The van der Waals surface area contributed by atoms with Crippen molar-refractivity contribution in [2.45, 2.75) is 10.6 Å². The van der Waals surface area contributed by atoms with Crippen LogP contribution in [0.2, 0.25) is 5.02 Å². The first-order valence-electron chi connectivity index (χ1n) is 8.73. The van der Waals surface area contributed by atoms with Crippen molar-refractivity contribution in [3.05, 3.63) is 65.3 Å². The molecule has 0 unspecified atom stereocenters. The van der Waals surface area contributed by atoms with Gasteiger partial charge >= 0.3 is 0 Å². The molecule has 0 aliphatic rings. The molecule has 154 valence electrons. The molecule has 2 aromatic carbocycles. The Morgan fingerprint density at radius 3 is 2.70 bits per heavy atom. The largest absolute Gasteiger partial charge is 0.506 e. The van der Waals surface area contributed by atoms with Gasteiger partial charge in [0.1, 0.15) is 29.4 Å². The molecule has 0 amide bonds. The lowest BCUT2D eigenvalue weighted by atomic mass is 10.0. The zero-order chi connectivity index (χ0) is 21.6. The molecule has 0 spiro atoms. The molecule has 0 bridgehead atoms. The van der Waals surface area contributed by atoms with E-state index in [1.54, 1.807) is 29.9 Å². The number of nitrogens with two attached hydrogens (primary N) is 1. The van der Waals surface area contributed by atoms with Gasteiger partial charge in [-0.05, 0) is 18.2 Å². The van der Waals surface area contributed by atoms with E-state index >= 15 is 4.39 Å². The highest BCUT2D eigenvalue weighted by atomic mass is 35.5. The van der Waals surface area contributed by atoms with Gasteiger partial charge < -0.3 is 15.4 Å². The summed E-state index contributed by atoms with van der Waals surface area (Å²) in [7, 11) is -2.16. The molecule has 3 N–H and O–H groups in total. The van der Waals surface area contributed by atoms with Crippen LogP contribution in [0.5, 0.6) is 5.75 Å². The van der Waals surface area contributed by atoms with Gasteiger partial charge in [0.2, 0.25) is 0 Å². The highest BCUT2D eigenvalue weighted by Gasteiger charge is 2.22. The summed E-state index contributed by atoms with van der Waals surface area (Å²) in [6.07, 6.45) is 3.00. The van der Waals surface area contributed by atoms with E-state index in [-0.39, 0.29) is 32.6 Å². The Kier molecular flexibility index (Phi) is 4.87. The fourth-order valence-corrected chi connectivity index (χ4v) is 4.92. The number of aromatic nitrogens is 3. The van der Waals surface area contributed by atoms with Crippen molar-refractivity contribution in [3.63, 3.8) is 0 Å². The van der Waals surface area contributed by atoms with Crippen LogP contribution in [0.4, 0.5) is 10.2 Å². The second-order valence-corrected chi connectivity index (χ2v) is 9.16. The number of anilines is 1. The molecule has 30 heavy (non-hydrogen) atoms. The quantitative estimate of drug-likeness (QED) is 0.494. The molecular formula is C20H16ClFN4O3S. The van der Waals surface area contributed by atoms with E-state index in [0.29, 0.717) is 16.6 Å². The molecule has 2 aromatic heterocycles. The summed E-state index contributed by atoms with van der Waals surface area (Å²) in [5.74, 6) is -1.29. The minimum Gasteiger partial charge on any atom is -0.506 e. The van der Waals surface area contributed by atoms with Crippen molar-refractivity contribution < 1.29 is 17.9 Å². The number of halogens is 2. The summed E-state index contributed by atoms with van der Waals surface area (Å²) >= 11 is 5.82. The van der Waals surface area contributed by atoms with Gasteiger partial charge in [-0.15, -0.1) is 0 Å². The zero-order valence-electron chi connectivity index (χ0n) is 15.7. The number of phenols is 1. The lowest BCUT2D eigenvalue weighted by molar-refractivity contribution is 0.475. The molecule has 10 heteroatoms. The summed E-state index contributed by atoms with van der Waals surface area (Å²) in [5.41, 5.74) is 7.17. The number of benzene rings is 2. The van der Waals surface area contributed by atoms with Gasteiger partial charge in [0, 0.05) is 29.9 Å². The summed E-state index contributed by atoms with van der Waals surface area (Å²) in [6, 6.07) is 8.07. The molecule has 0 atom stereocenters. The average molecular weight is 447 g/mol. The third-order valence-corrected chi connectivity index (χ3v) is 6.74. The first kappa shape index (κ1) is 20.1. The molecule has 7 nitrogen and oxygen atoms in total. The molecule has 4 rings (SSSR count). The summed E-state index contributed by atoms with van der Waals surface area (Å²) in [6.45, 7) is 0. The highest BCUT2D eigenvalue weighted by molar-refractivity contribution is 7.90. The first-order valence-corrected chi connectivity index (χ1v) is 10.8. The highest BCUT2D eigenvalue weighted by Crippen LogP contribution is 2.35. The third kappa shape index (κ3) is 3.35. The van der Waals surface area contributed by atoms with E-state index in [4.69, 9.17) is 17.3 Å². The Hall–Kier alpha value is -3.17. The van der Waals surface area contributed by atoms with Crippen molar-refractivity contribution in [2.24, 2.45) is 7.05 Å². The maximum atomic E-state index is 15.4. The number of aromatic hydroxyl groups is 1. The maximum absolute atomic E-state index is 15.4. The standard InChI is InChI=1S/C20H16ClFN4O3S/c1-26-8-14(17-19(23)24-10-25-20(17)26)13-4-2-3-11(18(13)22)9-30(28,29)12-5-6-16(27)15(21)7-12/h2-8,10,27H,9H2,1H3,(H2,23,24,25). The Morgan fingerprint density at radius 1 is 1.20 bits per heavy atom. The van der Waals surface area contributed by atoms with Crippen LogP contribution in [0, 0.1) is 5.82 Å². The minimum absolute atomic E-state index is 0.0101. The van der Waals surface area contributed by atoms with Crippen LogP contribution < -0.4 is 5.73 Å². The maximum Gasteiger partial charge on any atom is 0.182 e. The normalized spacial score (nSPS) is 11.8. The molecule has 0 fully saturated rings. The van der Waals surface area contributed by atoms with Crippen LogP contribution in [0.25, 0.3) is 22.2 Å². The van der Waals surface area contributed by atoms with E-state index in [1.165, 1.54) is 24.5 Å². The van der Waals surface area contributed by atoms with E-state index in [1.807, 2.05) is 0 Å². The van der Waals surface area contributed by atoms with Crippen molar-refractivity contribution in [3.8, 4) is 16.9 Å². The minimum atomic E-state index is -3.91. The fraction of sp³-hybridized carbons (Fsp3) is 0.100. The van der Waals surface area contributed by atoms with E-state index in [2.05, 4.69) is 9.97 Å². The number of aryl methyl sites for hydroxylation is 1. The Balaban J connectivity index is 1.81. The van der Waals surface area contributed by atoms with Crippen molar-refractivity contribution in [1.82, 2.24) is 14.5 Å². The Labute approximate surface area is 176 Å². The van der Waals surface area contributed by atoms with Gasteiger partial charge in [-0.3, -0.25) is 0 Å². The van der Waals surface area contributed by atoms with Crippen molar-refractivity contribution >= 4 is 38.3 Å².